The normalized spacial score (nSPS) is 9.54. The fourth-order valence-electron chi connectivity index (χ4n) is 1.44. The Labute approximate surface area is 138 Å². The van der Waals surface area contributed by atoms with Crippen LogP contribution in [-0.4, -0.2) is 19.9 Å². The number of hydrogen-bond donors (Lipinski definition) is 2. The fraction of sp³-hybridized carbons (Fsp3) is 0. The van der Waals surface area contributed by atoms with E-state index < -0.39 is 37.6 Å². The molecular formula is C12H9ClN4O7. The summed E-state index contributed by atoms with van der Waals surface area (Å²) in [7, 11) is 0. The van der Waals surface area contributed by atoms with Gasteiger partial charge >= 0.3 is 11.4 Å². The molecule has 0 atom stereocenters. The topological polar surface area (TPSA) is 176 Å². The van der Waals surface area contributed by atoms with Crippen LogP contribution in [0.5, 0.6) is 5.75 Å². The number of phenolic OH excluding ortho intramolecular Hbond substituents is 1. The van der Waals surface area contributed by atoms with Crippen molar-refractivity contribution in [3.8, 4) is 5.75 Å². The van der Waals surface area contributed by atoms with Crippen LogP contribution in [0, 0.1) is 30.3 Å². The van der Waals surface area contributed by atoms with Gasteiger partial charge in [-0.1, -0.05) is 11.6 Å². The number of aromatic hydroxyl groups is 1. The van der Waals surface area contributed by atoms with Gasteiger partial charge in [0, 0.05) is 10.7 Å². The molecule has 0 unspecified atom stereocenters. The Balaban J connectivity index is 0.000000300. The average molecular weight is 357 g/mol. The number of nitro benzene ring substituents is 3. The number of phenols is 1. The van der Waals surface area contributed by atoms with E-state index in [-0.39, 0.29) is 0 Å². The second kappa shape index (κ2) is 7.69. The lowest BCUT2D eigenvalue weighted by Crippen LogP contribution is -1.97. The van der Waals surface area contributed by atoms with Crippen LogP contribution in [0.25, 0.3) is 0 Å². The predicted octanol–water partition coefficient (Wildman–Crippen LogP) is 3.04. The largest absolute Gasteiger partial charge is 0.497 e. The predicted molar refractivity (Wildman–Crippen MR) is 83.9 cm³/mol. The highest BCUT2D eigenvalue weighted by Gasteiger charge is 2.30. The summed E-state index contributed by atoms with van der Waals surface area (Å²) in [5, 5.41) is 40.9. The number of rotatable bonds is 3. The van der Waals surface area contributed by atoms with Gasteiger partial charge < -0.3 is 10.8 Å². The van der Waals surface area contributed by atoms with E-state index in [1.807, 2.05) is 0 Å². The Morgan fingerprint density at radius 2 is 1.29 bits per heavy atom. The second-order valence-corrected chi connectivity index (χ2v) is 4.59. The molecule has 0 aliphatic rings. The zero-order chi connectivity index (χ0) is 18.4. The molecule has 0 saturated heterocycles. The van der Waals surface area contributed by atoms with Crippen molar-refractivity contribution in [2.45, 2.75) is 0 Å². The summed E-state index contributed by atoms with van der Waals surface area (Å²) >= 11 is 5.56. The van der Waals surface area contributed by atoms with Gasteiger partial charge in [0.25, 0.3) is 11.4 Å². The third kappa shape index (κ3) is 4.78. The highest BCUT2D eigenvalue weighted by molar-refractivity contribution is 6.30. The van der Waals surface area contributed by atoms with Crippen molar-refractivity contribution in [1.29, 1.82) is 0 Å². The van der Waals surface area contributed by atoms with Crippen molar-refractivity contribution in [2.24, 2.45) is 0 Å². The molecule has 3 N–H and O–H groups in total. The Hall–Kier alpha value is -3.47. The first-order chi connectivity index (χ1) is 11.1. The molecule has 0 amide bonds. The van der Waals surface area contributed by atoms with E-state index in [0.717, 1.165) is 10.7 Å². The molecule has 0 aliphatic carbocycles. The van der Waals surface area contributed by atoms with Gasteiger partial charge in [-0.3, -0.25) is 30.3 Å². The van der Waals surface area contributed by atoms with Gasteiger partial charge in [-0.2, -0.15) is 0 Å². The summed E-state index contributed by atoms with van der Waals surface area (Å²) in [5.41, 5.74) is 3.11. The number of benzene rings is 2. The smallest absolute Gasteiger partial charge is 0.324 e. The molecule has 0 bridgehead atoms. The van der Waals surface area contributed by atoms with Crippen LogP contribution in [0.15, 0.2) is 36.4 Å². The zero-order valence-electron chi connectivity index (χ0n) is 11.7. The maximum atomic E-state index is 10.4. The highest BCUT2D eigenvalue weighted by Crippen LogP contribution is 2.38. The highest BCUT2D eigenvalue weighted by atomic mass is 35.5. The van der Waals surface area contributed by atoms with E-state index in [9.17, 15) is 30.3 Å². The zero-order valence-corrected chi connectivity index (χ0v) is 12.4. The van der Waals surface area contributed by atoms with Gasteiger partial charge in [0.15, 0.2) is 0 Å². The summed E-state index contributed by atoms with van der Waals surface area (Å²) in [6.45, 7) is 0. The molecule has 2 rings (SSSR count). The van der Waals surface area contributed by atoms with Crippen molar-refractivity contribution in [3.05, 3.63) is 71.8 Å². The number of anilines is 1. The standard InChI is InChI=1S/C6H6ClN.C6H3N3O7/c7-5-1-3-6(8)4-2-5;10-6-4(8(13)14)1-3(7(11)12)2-5(6)9(15)16/h1-4H,8H2;1-2,10H. The van der Waals surface area contributed by atoms with E-state index in [4.69, 9.17) is 22.4 Å². The molecule has 0 saturated carbocycles. The quantitative estimate of drug-likeness (QED) is 0.478. The molecule has 2 aromatic rings. The van der Waals surface area contributed by atoms with Crippen LogP contribution in [0.4, 0.5) is 22.7 Å². The summed E-state index contributed by atoms with van der Waals surface area (Å²) in [5.74, 6) is -1.21. The first kappa shape index (κ1) is 18.6. The fourth-order valence-corrected chi connectivity index (χ4v) is 1.56. The minimum Gasteiger partial charge on any atom is -0.497 e. The van der Waals surface area contributed by atoms with Crippen molar-refractivity contribution >= 4 is 34.4 Å². The molecule has 0 heterocycles. The van der Waals surface area contributed by atoms with Crippen LogP contribution >= 0.6 is 11.6 Å². The summed E-state index contributed by atoms with van der Waals surface area (Å²) in [6.07, 6.45) is 0. The molecule has 11 nitrogen and oxygen atoms in total. The third-order valence-electron chi connectivity index (χ3n) is 2.53. The van der Waals surface area contributed by atoms with E-state index >= 15 is 0 Å². The van der Waals surface area contributed by atoms with Gasteiger partial charge in [-0.15, -0.1) is 0 Å². The number of non-ortho nitro benzene ring substituents is 1. The minimum absolute atomic E-state index is 0.447. The lowest BCUT2D eigenvalue weighted by atomic mass is 10.2. The van der Waals surface area contributed by atoms with Gasteiger partial charge in [0.05, 0.1) is 26.9 Å². The molecule has 12 heteroatoms. The van der Waals surface area contributed by atoms with Crippen LogP contribution in [-0.2, 0) is 0 Å². The third-order valence-corrected chi connectivity index (χ3v) is 2.78. The molecule has 24 heavy (non-hydrogen) atoms. The molecule has 0 aliphatic heterocycles. The summed E-state index contributed by atoms with van der Waals surface area (Å²) in [6, 6.07) is 7.95. The SMILES string of the molecule is Nc1ccc(Cl)cc1.O=[N+]([O-])c1cc([N+](=O)[O-])c(O)c([N+](=O)[O-])c1. The van der Waals surface area contributed by atoms with E-state index in [1.165, 1.54) is 0 Å². The average Bonchev–Trinajstić information content (AvgIpc) is 2.50. The Bertz CT molecular complexity index is 738. The molecule has 0 aromatic heterocycles. The van der Waals surface area contributed by atoms with Crippen molar-refractivity contribution in [1.82, 2.24) is 0 Å². The van der Waals surface area contributed by atoms with Crippen LogP contribution < -0.4 is 5.73 Å². The lowest BCUT2D eigenvalue weighted by Gasteiger charge is -1.97. The van der Waals surface area contributed by atoms with Gasteiger partial charge in [-0.25, -0.2) is 0 Å². The Kier molecular flexibility index (Phi) is 5.95. The van der Waals surface area contributed by atoms with Gasteiger partial charge in [-0.05, 0) is 24.3 Å². The molecule has 126 valence electrons. The molecule has 2 aromatic carbocycles. The number of nitrogens with zero attached hydrogens (tertiary/aromatic N) is 3. The second-order valence-electron chi connectivity index (χ2n) is 4.16. The van der Waals surface area contributed by atoms with Crippen molar-refractivity contribution in [3.63, 3.8) is 0 Å². The van der Waals surface area contributed by atoms with Gasteiger partial charge in [0.1, 0.15) is 0 Å². The molecule has 0 spiro atoms. The number of hydrogen-bond acceptors (Lipinski definition) is 8. The molecule has 0 radical (unpaired) electrons. The van der Waals surface area contributed by atoms with Crippen LogP contribution in [0.1, 0.15) is 0 Å². The first-order valence-electron chi connectivity index (χ1n) is 5.94. The van der Waals surface area contributed by atoms with Crippen LogP contribution in [0.2, 0.25) is 5.02 Å². The number of nitrogens with two attached hydrogens (primary N) is 1. The summed E-state index contributed by atoms with van der Waals surface area (Å²) < 4.78 is 0. The van der Waals surface area contributed by atoms with Gasteiger partial charge in [0.2, 0.25) is 0 Å². The Morgan fingerprint density at radius 3 is 1.58 bits per heavy atom. The number of nitrogen functional groups attached to an aromatic ring is 1. The monoisotopic (exact) mass is 356 g/mol. The maximum absolute atomic E-state index is 10.4. The lowest BCUT2D eigenvalue weighted by molar-refractivity contribution is -0.404. The first-order valence-corrected chi connectivity index (χ1v) is 6.32. The number of nitro groups is 3. The van der Waals surface area contributed by atoms with E-state index in [0.29, 0.717) is 12.1 Å². The number of halogens is 1. The van der Waals surface area contributed by atoms with E-state index in [1.54, 1.807) is 24.3 Å². The maximum Gasteiger partial charge on any atom is 0.324 e. The van der Waals surface area contributed by atoms with Crippen LogP contribution in [0.3, 0.4) is 0 Å². The van der Waals surface area contributed by atoms with E-state index in [2.05, 4.69) is 0 Å². The molecule has 0 fully saturated rings. The molecular weight excluding hydrogens is 348 g/mol. The van der Waals surface area contributed by atoms with Crippen molar-refractivity contribution in [2.75, 3.05) is 5.73 Å². The summed E-state index contributed by atoms with van der Waals surface area (Å²) in [4.78, 5) is 27.8. The Morgan fingerprint density at radius 1 is 0.875 bits per heavy atom. The van der Waals surface area contributed by atoms with Crippen molar-refractivity contribution < 1.29 is 19.9 Å². The minimum atomic E-state index is -1.21.